The van der Waals surface area contributed by atoms with Gasteiger partial charge in [0.2, 0.25) is 5.91 Å². The molecule has 7 heteroatoms. The minimum Gasteiger partial charge on any atom is -0.369 e. The van der Waals surface area contributed by atoms with Crippen molar-refractivity contribution in [1.29, 1.82) is 0 Å². The first kappa shape index (κ1) is 15.2. The molecule has 0 aromatic carbocycles. The lowest BCUT2D eigenvalue weighted by molar-refractivity contribution is -0.158. The van der Waals surface area contributed by atoms with Crippen molar-refractivity contribution in [2.75, 3.05) is 13.1 Å². The van der Waals surface area contributed by atoms with Gasteiger partial charge in [0.25, 0.3) is 5.56 Å². The minimum absolute atomic E-state index is 0.0121. The molecule has 0 N–H and O–H groups in total. The molecule has 0 aliphatic carbocycles. The van der Waals surface area contributed by atoms with Gasteiger partial charge in [0.05, 0.1) is 23.4 Å². The van der Waals surface area contributed by atoms with E-state index in [0.717, 1.165) is 0 Å². The number of nitrogens with zero attached hydrogens (tertiary/aromatic N) is 3. The Morgan fingerprint density at radius 1 is 1.55 bits per heavy atom. The summed E-state index contributed by atoms with van der Waals surface area (Å²) in [5, 5.41) is 2.40. The van der Waals surface area contributed by atoms with E-state index in [1.807, 2.05) is 26.2 Å². The molecule has 0 radical (unpaired) electrons. The van der Waals surface area contributed by atoms with Gasteiger partial charge in [-0.25, -0.2) is 4.98 Å². The predicted octanol–water partition coefficient (Wildman–Crippen LogP) is 1.48. The third-order valence-corrected chi connectivity index (χ3v) is 4.50. The van der Waals surface area contributed by atoms with Crippen molar-refractivity contribution in [3.8, 4) is 0 Å². The van der Waals surface area contributed by atoms with Crippen LogP contribution in [0, 0.1) is 0 Å². The Hall–Kier alpha value is -1.73. The standard InChI is InChI=1S/C15H19N3O3S/c1-10-6-17(8-15(2,3)21-10)12(19)7-18-9-16-13-11(14(18)20)4-5-22-13/h4-5,9-10H,6-8H2,1-3H3/t10-/m1/s1. The minimum atomic E-state index is -0.367. The molecule has 1 fully saturated rings. The molecule has 6 nitrogen and oxygen atoms in total. The van der Waals surface area contributed by atoms with Gasteiger partial charge >= 0.3 is 0 Å². The van der Waals surface area contributed by atoms with E-state index in [0.29, 0.717) is 23.3 Å². The normalized spacial score (nSPS) is 21.2. The van der Waals surface area contributed by atoms with Crippen LogP contribution in [0.3, 0.4) is 0 Å². The molecule has 3 rings (SSSR count). The van der Waals surface area contributed by atoms with Crippen LogP contribution in [0.1, 0.15) is 20.8 Å². The van der Waals surface area contributed by atoms with Crippen molar-refractivity contribution in [2.24, 2.45) is 0 Å². The molecule has 1 amide bonds. The molecule has 22 heavy (non-hydrogen) atoms. The Morgan fingerprint density at radius 3 is 3.05 bits per heavy atom. The summed E-state index contributed by atoms with van der Waals surface area (Å²) in [7, 11) is 0. The summed E-state index contributed by atoms with van der Waals surface area (Å²) in [6.07, 6.45) is 1.44. The molecule has 1 saturated heterocycles. The van der Waals surface area contributed by atoms with E-state index < -0.39 is 0 Å². The number of thiophene rings is 1. The molecule has 3 heterocycles. The van der Waals surface area contributed by atoms with Gasteiger partial charge in [-0.1, -0.05) is 0 Å². The van der Waals surface area contributed by atoms with Crippen LogP contribution in [0.15, 0.2) is 22.6 Å². The molecular formula is C15H19N3O3S. The first-order chi connectivity index (χ1) is 10.4. The van der Waals surface area contributed by atoms with Gasteiger partial charge in [-0.05, 0) is 32.2 Å². The number of hydrogen-bond acceptors (Lipinski definition) is 5. The van der Waals surface area contributed by atoms with Crippen molar-refractivity contribution in [3.05, 3.63) is 28.1 Å². The lowest BCUT2D eigenvalue weighted by Gasteiger charge is -2.41. The maximum absolute atomic E-state index is 12.5. The zero-order valence-electron chi connectivity index (χ0n) is 12.9. The number of morpholine rings is 1. The van der Waals surface area contributed by atoms with E-state index in [9.17, 15) is 9.59 Å². The molecule has 0 bridgehead atoms. The van der Waals surface area contributed by atoms with Crippen molar-refractivity contribution in [3.63, 3.8) is 0 Å². The van der Waals surface area contributed by atoms with Crippen LogP contribution in [0.5, 0.6) is 0 Å². The van der Waals surface area contributed by atoms with Crippen LogP contribution in [0.4, 0.5) is 0 Å². The van der Waals surface area contributed by atoms with Crippen molar-refractivity contribution in [1.82, 2.24) is 14.5 Å². The van der Waals surface area contributed by atoms with E-state index in [-0.39, 0.29) is 29.7 Å². The summed E-state index contributed by atoms with van der Waals surface area (Å²) in [5.74, 6) is -0.0818. The zero-order chi connectivity index (χ0) is 15.9. The lowest BCUT2D eigenvalue weighted by atomic mass is 10.1. The lowest BCUT2D eigenvalue weighted by Crippen LogP contribution is -2.54. The number of rotatable bonds is 2. The number of carbonyl (C=O) groups excluding carboxylic acids is 1. The maximum Gasteiger partial charge on any atom is 0.262 e. The van der Waals surface area contributed by atoms with E-state index in [1.54, 1.807) is 11.0 Å². The maximum atomic E-state index is 12.5. The molecule has 1 aliphatic rings. The van der Waals surface area contributed by atoms with Crippen LogP contribution in [-0.2, 0) is 16.1 Å². The number of aromatic nitrogens is 2. The zero-order valence-corrected chi connectivity index (χ0v) is 13.7. The number of fused-ring (bicyclic) bond motifs is 1. The highest BCUT2D eigenvalue weighted by Crippen LogP contribution is 2.21. The van der Waals surface area contributed by atoms with Crippen molar-refractivity contribution >= 4 is 27.5 Å². The summed E-state index contributed by atoms with van der Waals surface area (Å²) >= 11 is 1.42. The molecule has 2 aromatic rings. The fourth-order valence-electron chi connectivity index (χ4n) is 2.90. The van der Waals surface area contributed by atoms with Gasteiger partial charge in [-0.15, -0.1) is 11.3 Å². The number of carbonyl (C=O) groups is 1. The first-order valence-corrected chi connectivity index (χ1v) is 8.12. The summed E-state index contributed by atoms with van der Waals surface area (Å²) < 4.78 is 7.18. The average Bonchev–Trinajstić information content (AvgIpc) is 2.88. The Kier molecular flexibility index (Phi) is 3.78. The number of ether oxygens (including phenoxy) is 1. The van der Waals surface area contributed by atoms with Crippen molar-refractivity contribution < 1.29 is 9.53 Å². The van der Waals surface area contributed by atoms with Gasteiger partial charge in [-0.3, -0.25) is 14.2 Å². The topological polar surface area (TPSA) is 64.4 Å². The molecule has 118 valence electrons. The second-order valence-electron chi connectivity index (χ2n) is 6.28. The molecule has 0 spiro atoms. The summed E-state index contributed by atoms with van der Waals surface area (Å²) in [6.45, 7) is 6.97. The van der Waals surface area contributed by atoms with Gasteiger partial charge in [-0.2, -0.15) is 0 Å². The molecule has 1 aliphatic heterocycles. The van der Waals surface area contributed by atoms with E-state index in [4.69, 9.17) is 4.74 Å². The molecule has 0 saturated carbocycles. The van der Waals surface area contributed by atoms with Crippen LogP contribution < -0.4 is 5.56 Å². The van der Waals surface area contributed by atoms with Crippen LogP contribution >= 0.6 is 11.3 Å². The fourth-order valence-corrected chi connectivity index (χ4v) is 3.62. The Morgan fingerprint density at radius 2 is 2.32 bits per heavy atom. The second kappa shape index (κ2) is 5.48. The third-order valence-electron chi connectivity index (χ3n) is 3.68. The predicted molar refractivity (Wildman–Crippen MR) is 85.1 cm³/mol. The smallest absolute Gasteiger partial charge is 0.262 e. The molecular weight excluding hydrogens is 302 g/mol. The van der Waals surface area contributed by atoms with Crippen molar-refractivity contribution in [2.45, 2.75) is 39.0 Å². The van der Waals surface area contributed by atoms with Crippen LogP contribution in [-0.4, -0.2) is 45.2 Å². The number of hydrogen-bond donors (Lipinski definition) is 0. The monoisotopic (exact) mass is 321 g/mol. The first-order valence-electron chi connectivity index (χ1n) is 7.24. The van der Waals surface area contributed by atoms with Gasteiger partial charge < -0.3 is 9.64 Å². The van der Waals surface area contributed by atoms with Gasteiger partial charge in [0.15, 0.2) is 0 Å². The Bertz CT molecular complexity index is 765. The average molecular weight is 321 g/mol. The summed E-state index contributed by atoms with van der Waals surface area (Å²) in [4.78, 5) is 31.5. The quantitative estimate of drug-likeness (QED) is 0.840. The highest BCUT2D eigenvalue weighted by atomic mass is 32.1. The van der Waals surface area contributed by atoms with E-state index in [2.05, 4.69) is 4.98 Å². The van der Waals surface area contributed by atoms with Crippen LogP contribution in [0.25, 0.3) is 10.2 Å². The third kappa shape index (κ3) is 2.91. The van der Waals surface area contributed by atoms with Gasteiger partial charge in [0, 0.05) is 13.1 Å². The summed E-state index contributed by atoms with van der Waals surface area (Å²) in [5.41, 5.74) is -0.534. The Labute approximate surface area is 132 Å². The van der Waals surface area contributed by atoms with E-state index >= 15 is 0 Å². The SMILES string of the molecule is C[C@@H]1CN(C(=O)Cn2cnc3sccc3c2=O)CC(C)(C)O1. The van der Waals surface area contributed by atoms with E-state index in [1.165, 1.54) is 22.2 Å². The Balaban J connectivity index is 1.81. The fraction of sp³-hybridized carbons (Fsp3) is 0.533. The molecule has 0 unspecified atom stereocenters. The second-order valence-corrected chi connectivity index (χ2v) is 7.17. The largest absolute Gasteiger partial charge is 0.369 e. The highest BCUT2D eigenvalue weighted by Gasteiger charge is 2.33. The van der Waals surface area contributed by atoms with Gasteiger partial charge in [0.1, 0.15) is 11.4 Å². The molecule has 1 atom stereocenters. The number of amides is 1. The summed E-state index contributed by atoms with van der Waals surface area (Å²) in [6, 6.07) is 1.75. The molecule has 2 aromatic heterocycles. The highest BCUT2D eigenvalue weighted by molar-refractivity contribution is 7.16. The van der Waals surface area contributed by atoms with Crippen LogP contribution in [0.2, 0.25) is 0 Å².